The van der Waals surface area contributed by atoms with E-state index in [1.54, 1.807) is 0 Å². The summed E-state index contributed by atoms with van der Waals surface area (Å²) in [5.41, 5.74) is 5.99. The van der Waals surface area contributed by atoms with Crippen LogP contribution in [0.4, 0.5) is 0 Å². The molecule has 3 rings (SSSR count). The molecule has 3 heterocycles. The number of carbonyl (C=O) groups is 2. The minimum absolute atomic E-state index is 0.00803. The summed E-state index contributed by atoms with van der Waals surface area (Å²) < 4.78 is 2.00. The van der Waals surface area contributed by atoms with E-state index in [4.69, 9.17) is 0 Å². The van der Waals surface area contributed by atoms with Crippen molar-refractivity contribution < 1.29 is 9.59 Å². The molecule has 158 valence electrons. The lowest BCUT2D eigenvalue weighted by atomic mass is 9.96. The van der Waals surface area contributed by atoms with Gasteiger partial charge in [0, 0.05) is 37.6 Å². The van der Waals surface area contributed by atoms with Crippen molar-refractivity contribution in [1.29, 1.82) is 0 Å². The smallest absolute Gasteiger partial charge is 0.270 e. The van der Waals surface area contributed by atoms with Crippen LogP contribution in [-0.4, -0.2) is 51.1 Å². The Morgan fingerprint density at radius 1 is 1.28 bits per heavy atom. The number of rotatable bonds is 6. The predicted molar refractivity (Wildman–Crippen MR) is 113 cm³/mol. The summed E-state index contributed by atoms with van der Waals surface area (Å²) in [5, 5.41) is 7.62. The molecular weight excluding hydrogens is 366 g/mol. The normalized spacial score (nSPS) is 16.9. The van der Waals surface area contributed by atoms with Crippen LogP contribution in [-0.2, 0) is 17.8 Å². The first kappa shape index (κ1) is 21.1. The third-order valence-electron chi connectivity index (χ3n) is 5.95. The van der Waals surface area contributed by atoms with E-state index in [0.717, 1.165) is 42.8 Å². The van der Waals surface area contributed by atoms with Crippen LogP contribution in [0.15, 0.2) is 6.07 Å². The number of aryl methyl sites for hydroxylation is 4. The van der Waals surface area contributed by atoms with Gasteiger partial charge in [-0.2, -0.15) is 5.10 Å². The highest BCUT2D eigenvalue weighted by Gasteiger charge is 2.30. The Morgan fingerprint density at radius 3 is 2.66 bits per heavy atom. The highest BCUT2D eigenvalue weighted by atomic mass is 16.2. The van der Waals surface area contributed by atoms with Gasteiger partial charge in [0.1, 0.15) is 5.69 Å². The molecule has 1 fully saturated rings. The van der Waals surface area contributed by atoms with Crippen LogP contribution in [0.2, 0.25) is 0 Å². The number of hydrogen-bond donors (Lipinski definition) is 2. The predicted octanol–water partition coefficient (Wildman–Crippen LogP) is 2.68. The number of piperidine rings is 1. The molecule has 0 bridgehead atoms. The molecule has 0 unspecified atom stereocenters. The number of H-pyrrole nitrogens is 1. The summed E-state index contributed by atoms with van der Waals surface area (Å²) in [6.07, 6.45) is 2.45. The molecule has 0 aromatic carbocycles. The van der Waals surface area contributed by atoms with Gasteiger partial charge >= 0.3 is 0 Å². The highest BCUT2D eigenvalue weighted by molar-refractivity contribution is 5.94. The molecule has 29 heavy (non-hydrogen) atoms. The van der Waals surface area contributed by atoms with Gasteiger partial charge in [-0.1, -0.05) is 0 Å². The van der Waals surface area contributed by atoms with Crippen LogP contribution in [0.3, 0.4) is 0 Å². The van der Waals surface area contributed by atoms with E-state index in [-0.39, 0.29) is 17.7 Å². The van der Waals surface area contributed by atoms with E-state index in [2.05, 4.69) is 29.2 Å². The Kier molecular flexibility index (Phi) is 6.45. The summed E-state index contributed by atoms with van der Waals surface area (Å²) in [7, 11) is 0. The first-order valence-corrected chi connectivity index (χ1v) is 10.6. The van der Waals surface area contributed by atoms with Gasteiger partial charge in [0.05, 0.1) is 11.6 Å². The van der Waals surface area contributed by atoms with E-state index in [1.807, 2.05) is 36.4 Å². The van der Waals surface area contributed by atoms with Crippen LogP contribution in [0, 0.1) is 33.6 Å². The van der Waals surface area contributed by atoms with Crippen LogP contribution in [0.1, 0.15) is 58.5 Å². The molecule has 2 aromatic rings. The summed E-state index contributed by atoms with van der Waals surface area (Å²) in [6, 6.07) is 1.98. The Hall–Kier alpha value is -2.57. The monoisotopic (exact) mass is 399 g/mol. The van der Waals surface area contributed by atoms with E-state index in [0.29, 0.717) is 25.3 Å². The van der Waals surface area contributed by atoms with Crippen molar-refractivity contribution in [2.24, 2.45) is 5.92 Å². The summed E-state index contributed by atoms with van der Waals surface area (Å²) in [4.78, 5) is 30.5. The second-order valence-corrected chi connectivity index (χ2v) is 8.11. The zero-order valence-corrected chi connectivity index (χ0v) is 18.3. The van der Waals surface area contributed by atoms with E-state index < -0.39 is 0 Å². The number of nitrogens with one attached hydrogen (secondary N) is 2. The zero-order chi connectivity index (χ0) is 21.1. The molecule has 1 aliphatic heterocycles. The van der Waals surface area contributed by atoms with Gasteiger partial charge in [-0.05, 0) is 71.1 Å². The molecule has 2 amide bonds. The standard InChI is InChI=1S/C22H33N5O2/c1-6-27-17(5)19(16(4)25-27)9-10-23-21(28)18-8-7-11-26(13-18)22(29)20-14(2)12-15(3)24-20/h12,18,24H,6-11,13H2,1-5H3,(H,23,28)/t18-/m0/s1. The average molecular weight is 400 g/mol. The molecule has 0 radical (unpaired) electrons. The molecule has 2 N–H and O–H groups in total. The van der Waals surface area contributed by atoms with E-state index in [1.165, 1.54) is 11.3 Å². The summed E-state index contributed by atoms with van der Waals surface area (Å²) in [5.74, 6) is -0.115. The highest BCUT2D eigenvalue weighted by Crippen LogP contribution is 2.20. The number of likely N-dealkylation sites (tertiary alicyclic amines) is 1. The maximum atomic E-state index is 12.9. The van der Waals surface area contributed by atoms with Gasteiger partial charge in [-0.25, -0.2) is 0 Å². The van der Waals surface area contributed by atoms with E-state index >= 15 is 0 Å². The second-order valence-electron chi connectivity index (χ2n) is 8.11. The van der Waals surface area contributed by atoms with Crippen LogP contribution in [0.5, 0.6) is 0 Å². The molecule has 7 nitrogen and oxygen atoms in total. The van der Waals surface area contributed by atoms with Crippen molar-refractivity contribution in [3.8, 4) is 0 Å². The fraction of sp³-hybridized carbons (Fsp3) is 0.591. The van der Waals surface area contributed by atoms with Crippen molar-refractivity contribution in [3.63, 3.8) is 0 Å². The van der Waals surface area contributed by atoms with Gasteiger partial charge < -0.3 is 15.2 Å². The van der Waals surface area contributed by atoms with Crippen molar-refractivity contribution in [2.45, 2.75) is 60.4 Å². The SMILES string of the molecule is CCn1nc(C)c(CCNC(=O)[C@H]2CCCN(C(=O)c3[nH]c(C)cc3C)C2)c1C. The van der Waals surface area contributed by atoms with Crippen LogP contribution < -0.4 is 5.32 Å². The topological polar surface area (TPSA) is 83.0 Å². The number of hydrogen-bond acceptors (Lipinski definition) is 3. The lowest BCUT2D eigenvalue weighted by Crippen LogP contribution is -2.46. The first-order valence-electron chi connectivity index (χ1n) is 10.6. The maximum absolute atomic E-state index is 12.9. The van der Waals surface area contributed by atoms with Crippen molar-refractivity contribution in [3.05, 3.63) is 40.0 Å². The van der Waals surface area contributed by atoms with Gasteiger partial charge in [-0.3, -0.25) is 14.3 Å². The van der Waals surface area contributed by atoms with Crippen LogP contribution in [0.25, 0.3) is 0 Å². The fourth-order valence-electron chi connectivity index (χ4n) is 4.34. The number of nitrogens with zero attached hydrogens (tertiary/aromatic N) is 3. The molecule has 0 aliphatic carbocycles. The Labute approximate surface area is 172 Å². The molecule has 0 saturated carbocycles. The van der Waals surface area contributed by atoms with Gasteiger partial charge in [0.25, 0.3) is 5.91 Å². The average Bonchev–Trinajstić information content (AvgIpc) is 3.19. The third kappa shape index (κ3) is 4.54. The lowest BCUT2D eigenvalue weighted by molar-refractivity contribution is -0.126. The zero-order valence-electron chi connectivity index (χ0n) is 18.3. The lowest BCUT2D eigenvalue weighted by Gasteiger charge is -2.32. The minimum atomic E-state index is -0.148. The maximum Gasteiger partial charge on any atom is 0.270 e. The Balaban J connectivity index is 1.55. The number of aromatic amines is 1. The second kappa shape index (κ2) is 8.84. The van der Waals surface area contributed by atoms with Crippen molar-refractivity contribution >= 4 is 11.8 Å². The largest absolute Gasteiger partial charge is 0.355 e. The third-order valence-corrected chi connectivity index (χ3v) is 5.95. The Morgan fingerprint density at radius 2 is 2.03 bits per heavy atom. The quantitative estimate of drug-likeness (QED) is 0.783. The molecule has 1 aliphatic rings. The van der Waals surface area contributed by atoms with Gasteiger partial charge in [0.2, 0.25) is 5.91 Å². The number of aromatic nitrogens is 3. The molecule has 1 saturated heterocycles. The molecular formula is C22H33N5O2. The van der Waals surface area contributed by atoms with Gasteiger partial charge in [0.15, 0.2) is 0 Å². The van der Waals surface area contributed by atoms with Gasteiger partial charge in [-0.15, -0.1) is 0 Å². The summed E-state index contributed by atoms with van der Waals surface area (Å²) in [6.45, 7) is 12.7. The van der Waals surface area contributed by atoms with Crippen molar-refractivity contribution in [2.75, 3.05) is 19.6 Å². The number of carbonyl (C=O) groups excluding carboxylic acids is 2. The minimum Gasteiger partial charge on any atom is -0.355 e. The number of amides is 2. The Bertz CT molecular complexity index is 895. The molecule has 0 spiro atoms. The van der Waals surface area contributed by atoms with Crippen LogP contribution >= 0.6 is 0 Å². The molecule has 1 atom stereocenters. The van der Waals surface area contributed by atoms with Crippen molar-refractivity contribution in [1.82, 2.24) is 25.0 Å². The molecule has 7 heteroatoms. The van der Waals surface area contributed by atoms with E-state index in [9.17, 15) is 9.59 Å². The molecule has 2 aromatic heterocycles. The fourth-order valence-corrected chi connectivity index (χ4v) is 4.34. The summed E-state index contributed by atoms with van der Waals surface area (Å²) >= 11 is 0. The first-order chi connectivity index (χ1) is 13.8.